The molecule has 0 radical (unpaired) electrons. The Hall–Kier alpha value is 0.400. The van der Waals surface area contributed by atoms with E-state index in [4.69, 9.17) is 9.47 Å². The quantitative estimate of drug-likeness (QED) is 0.738. The number of alkyl halides is 1. The van der Waals surface area contributed by atoms with Gasteiger partial charge in [0.2, 0.25) is 0 Å². The lowest BCUT2D eigenvalue weighted by molar-refractivity contribution is -0.132. The summed E-state index contributed by atoms with van der Waals surface area (Å²) in [5, 5.41) is 0. The number of hydrogen-bond donors (Lipinski definition) is 0. The lowest BCUT2D eigenvalue weighted by Gasteiger charge is -2.51. The van der Waals surface area contributed by atoms with E-state index >= 15 is 0 Å². The van der Waals surface area contributed by atoms with Gasteiger partial charge in [0, 0.05) is 16.8 Å². The molecular weight excluding hydrogens is 268 g/mol. The first-order chi connectivity index (χ1) is 7.66. The van der Waals surface area contributed by atoms with Crippen molar-refractivity contribution in [3.05, 3.63) is 0 Å². The molecule has 4 atom stereocenters. The zero-order chi connectivity index (χ0) is 11.6. The van der Waals surface area contributed by atoms with Gasteiger partial charge in [-0.15, -0.1) is 0 Å². The number of ether oxygens (including phenoxy) is 2. The molecule has 2 aliphatic rings. The Morgan fingerprint density at radius 2 is 2.25 bits per heavy atom. The van der Waals surface area contributed by atoms with E-state index in [0.29, 0.717) is 22.5 Å². The molecule has 0 N–H and O–H groups in total. The fourth-order valence-corrected chi connectivity index (χ4v) is 3.60. The van der Waals surface area contributed by atoms with Gasteiger partial charge in [-0.2, -0.15) is 0 Å². The van der Waals surface area contributed by atoms with E-state index in [2.05, 4.69) is 29.8 Å². The zero-order valence-electron chi connectivity index (χ0n) is 10.4. The summed E-state index contributed by atoms with van der Waals surface area (Å²) in [6.45, 7) is 6.29. The smallest absolute Gasteiger partial charge is 0.0808 e. The molecule has 16 heavy (non-hydrogen) atoms. The molecule has 94 valence electrons. The molecule has 0 aromatic heterocycles. The van der Waals surface area contributed by atoms with Crippen LogP contribution in [0.5, 0.6) is 0 Å². The van der Waals surface area contributed by atoms with Gasteiger partial charge in [-0.3, -0.25) is 0 Å². The summed E-state index contributed by atoms with van der Waals surface area (Å²) in [5.41, 5.74) is 0.328. The highest BCUT2D eigenvalue weighted by molar-refractivity contribution is 9.09. The summed E-state index contributed by atoms with van der Waals surface area (Å²) < 4.78 is 11.7. The minimum absolute atomic E-state index is 0.328. The minimum atomic E-state index is 0.328. The topological polar surface area (TPSA) is 18.5 Å². The summed E-state index contributed by atoms with van der Waals surface area (Å²) in [6.07, 6.45) is 6.79. The zero-order valence-corrected chi connectivity index (χ0v) is 12.0. The van der Waals surface area contributed by atoms with E-state index in [1.54, 1.807) is 0 Å². The van der Waals surface area contributed by atoms with Gasteiger partial charge in [0.25, 0.3) is 0 Å². The third-order valence-corrected chi connectivity index (χ3v) is 5.81. The van der Waals surface area contributed by atoms with Crippen molar-refractivity contribution in [1.29, 1.82) is 0 Å². The highest BCUT2D eigenvalue weighted by atomic mass is 79.9. The van der Waals surface area contributed by atoms with Gasteiger partial charge in [0.1, 0.15) is 0 Å². The van der Waals surface area contributed by atoms with Gasteiger partial charge in [-0.05, 0) is 32.1 Å². The van der Waals surface area contributed by atoms with Crippen LogP contribution in [0.3, 0.4) is 0 Å². The molecule has 4 unspecified atom stereocenters. The summed E-state index contributed by atoms with van der Waals surface area (Å²) in [5.74, 6) is 0. The lowest BCUT2D eigenvalue weighted by Crippen LogP contribution is -2.53. The van der Waals surface area contributed by atoms with Crippen LogP contribution in [0, 0.1) is 5.41 Å². The van der Waals surface area contributed by atoms with Gasteiger partial charge in [-0.25, -0.2) is 0 Å². The van der Waals surface area contributed by atoms with Crippen LogP contribution >= 0.6 is 15.9 Å². The van der Waals surface area contributed by atoms with Crippen LogP contribution < -0.4 is 0 Å². The molecule has 1 aliphatic heterocycles. The first kappa shape index (κ1) is 12.8. The molecule has 2 rings (SSSR count). The van der Waals surface area contributed by atoms with E-state index in [0.717, 1.165) is 19.6 Å². The van der Waals surface area contributed by atoms with E-state index in [-0.39, 0.29) is 0 Å². The molecule has 0 bridgehead atoms. The second-order valence-corrected chi connectivity index (χ2v) is 6.48. The van der Waals surface area contributed by atoms with E-state index in [1.165, 1.54) is 25.7 Å². The van der Waals surface area contributed by atoms with Gasteiger partial charge in [-0.1, -0.05) is 29.8 Å². The maximum Gasteiger partial charge on any atom is 0.0808 e. The molecule has 1 saturated heterocycles. The maximum atomic E-state index is 6.04. The second-order valence-electron chi connectivity index (χ2n) is 5.37. The third-order valence-electron chi connectivity index (χ3n) is 4.39. The van der Waals surface area contributed by atoms with Crippen molar-refractivity contribution < 1.29 is 9.47 Å². The average molecular weight is 291 g/mol. The van der Waals surface area contributed by atoms with Crippen molar-refractivity contribution >= 4 is 15.9 Å². The van der Waals surface area contributed by atoms with Crippen molar-refractivity contribution in [1.82, 2.24) is 0 Å². The normalized spacial score (nSPS) is 44.1. The first-order valence-corrected chi connectivity index (χ1v) is 7.45. The predicted molar refractivity (Wildman–Crippen MR) is 69.1 cm³/mol. The van der Waals surface area contributed by atoms with Gasteiger partial charge in [0.05, 0.1) is 18.8 Å². The van der Waals surface area contributed by atoms with Crippen LogP contribution in [0.15, 0.2) is 0 Å². The largest absolute Gasteiger partial charge is 0.376 e. The lowest BCUT2D eigenvalue weighted by atomic mass is 9.66. The van der Waals surface area contributed by atoms with E-state index < -0.39 is 0 Å². The van der Waals surface area contributed by atoms with Crippen molar-refractivity contribution in [2.75, 3.05) is 13.2 Å². The molecule has 1 heterocycles. The van der Waals surface area contributed by atoms with Crippen LogP contribution in [0.1, 0.15) is 46.0 Å². The summed E-state index contributed by atoms with van der Waals surface area (Å²) >= 11 is 3.74. The molecule has 2 fully saturated rings. The van der Waals surface area contributed by atoms with Crippen molar-refractivity contribution in [2.45, 2.75) is 63.0 Å². The summed E-state index contributed by atoms with van der Waals surface area (Å²) in [4.78, 5) is 0.627. The monoisotopic (exact) mass is 290 g/mol. The highest BCUT2D eigenvalue weighted by Crippen LogP contribution is 2.50. The molecule has 0 aromatic carbocycles. The molecular formula is C13H23BrO2. The maximum absolute atomic E-state index is 6.04. The fourth-order valence-electron chi connectivity index (χ4n) is 2.64. The fraction of sp³-hybridized carbons (Fsp3) is 1.00. The third kappa shape index (κ3) is 2.46. The van der Waals surface area contributed by atoms with Crippen LogP contribution in [0.25, 0.3) is 0 Å². The Bertz CT molecular complexity index is 228. The number of hydrogen-bond acceptors (Lipinski definition) is 2. The second kappa shape index (κ2) is 5.36. The molecule has 1 saturated carbocycles. The van der Waals surface area contributed by atoms with Gasteiger partial charge >= 0.3 is 0 Å². The van der Waals surface area contributed by atoms with Crippen molar-refractivity contribution in [3.63, 3.8) is 0 Å². The van der Waals surface area contributed by atoms with E-state index in [1.807, 2.05) is 0 Å². The summed E-state index contributed by atoms with van der Waals surface area (Å²) in [6, 6.07) is 0. The Morgan fingerprint density at radius 1 is 1.44 bits per heavy atom. The van der Waals surface area contributed by atoms with E-state index in [9.17, 15) is 0 Å². The number of rotatable bonds is 4. The van der Waals surface area contributed by atoms with Crippen molar-refractivity contribution in [2.24, 2.45) is 5.41 Å². The molecule has 0 amide bonds. The highest BCUT2D eigenvalue weighted by Gasteiger charge is 2.50. The summed E-state index contributed by atoms with van der Waals surface area (Å²) in [7, 11) is 0. The molecule has 3 heteroatoms. The SMILES string of the molecule is CCC1(C)C(Br)CC1OCC1CCCCO1. The minimum Gasteiger partial charge on any atom is -0.376 e. The Labute approximate surface area is 107 Å². The predicted octanol–water partition coefficient (Wildman–Crippen LogP) is 3.52. The van der Waals surface area contributed by atoms with Crippen LogP contribution in [-0.2, 0) is 9.47 Å². The molecule has 1 aliphatic carbocycles. The molecule has 0 spiro atoms. The first-order valence-electron chi connectivity index (χ1n) is 6.54. The Kier molecular flexibility index (Phi) is 4.31. The molecule has 0 aromatic rings. The number of halogens is 1. The van der Waals surface area contributed by atoms with Crippen LogP contribution in [0.4, 0.5) is 0 Å². The standard InChI is InChI=1S/C13H23BrO2/c1-3-13(2)11(14)8-12(13)16-9-10-6-4-5-7-15-10/h10-12H,3-9H2,1-2H3. The van der Waals surface area contributed by atoms with Crippen molar-refractivity contribution in [3.8, 4) is 0 Å². The van der Waals surface area contributed by atoms with Crippen LogP contribution in [-0.4, -0.2) is 30.2 Å². The average Bonchev–Trinajstić information content (AvgIpc) is 2.34. The van der Waals surface area contributed by atoms with Gasteiger partial charge in [0.15, 0.2) is 0 Å². The Balaban J connectivity index is 1.74. The molecule has 2 nitrogen and oxygen atoms in total. The van der Waals surface area contributed by atoms with Crippen LogP contribution in [0.2, 0.25) is 0 Å². The van der Waals surface area contributed by atoms with Gasteiger partial charge < -0.3 is 9.47 Å². The Morgan fingerprint density at radius 3 is 2.81 bits per heavy atom.